The molecule has 0 radical (unpaired) electrons. The summed E-state index contributed by atoms with van der Waals surface area (Å²) >= 11 is 1.28. The summed E-state index contributed by atoms with van der Waals surface area (Å²) < 4.78 is 30.1. The number of benzene rings is 2. The van der Waals surface area contributed by atoms with E-state index in [2.05, 4.69) is 16.2 Å². The zero-order valence-corrected chi connectivity index (χ0v) is 21.2. The molecule has 1 saturated heterocycles. The minimum Gasteiger partial charge on any atom is -0.326 e. The Morgan fingerprint density at radius 1 is 1.23 bits per heavy atom. The van der Waals surface area contributed by atoms with Crippen LogP contribution in [0, 0.1) is 18.3 Å². The maximum Gasteiger partial charge on any atom is 0.279 e. The average Bonchev–Trinajstić information content (AvgIpc) is 3.15. The van der Waals surface area contributed by atoms with Gasteiger partial charge in [-0.2, -0.15) is 9.30 Å². The fourth-order valence-corrected chi connectivity index (χ4v) is 6.78. The second-order valence-electron chi connectivity index (χ2n) is 8.59. The van der Waals surface area contributed by atoms with E-state index < -0.39 is 15.9 Å². The number of carbonyl (C=O) groups excluding carboxylic acids is 2. The Bertz CT molecular complexity index is 1490. The zero-order valence-electron chi connectivity index (χ0n) is 19.5. The molecule has 35 heavy (non-hydrogen) atoms. The molecule has 4 rings (SSSR count). The number of amides is 2. The molecule has 1 N–H and O–H groups in total. The van der Waals surface area contributed by atoms with E-state index in [1.165, 1.54) is 46.8 Å². The first-order chi connectivity index (χ1) is 16.7. The summed E-state index contributed by atoms with van der Waals surface area (Å²) in [5.41, 5.74) is 1.71. The Hall–Kier alpha value is -3.26. The van der Waals surface area contributed by atoms with Crippen molar-refractivity contribution in [2.75, 3.05) is 18.4 Å². The van der Waals surface area contributed by atoms with Gasteiger partial charge in [-0.25, -0.2) is 8.42 Å². The summed E-state index contributed by atoms with van der Waals surface area (Å²) in [6.07, 6.45) is 7.40. The smallest absolute Gasteiger partial charge is 0.279 e. The molecule has 1 aliphatic rings. The molecule has 10 heteroatoms. The highest BCUT2D eigenvalue weighted by Gasteiger charge is 2.28. The minimum absolute atomic E-state index is 0.165. The van der Waals surface area contributed by atoms with Crippen LogP contribution in [-0.4, -0.2) is 42.2 Å². The number of anilines is 1. The molecule has 1 unspecified atom stereocenters. The van der Waals surface area contributed by atoms with Crippen LogP contribution in [0.25, 0.3) is 10.2 Å². The molecule has 0 aliphatic carbocycles. The van der Waals surface area contributed by atoms with Crippen LogP contribution in [0.4, 0.5) is 5.69 Å². The third-order valence-electron chi connectivity index (χ3n) is 5.81. The lowest BCUT2D eigenvalue weighted by molar-refractivity contribution is -0.114. The number of aromatic nitrogens is 1. The molecule has 2 heterocycles. The molecule has 0 spiro atoms. The largest absolute Gasteiger partial charge is 0.326 e. The van der Waals surface area contributed by atoms with Crippen LogP contribution in [0.2, 0.25) is 0 Å². The molecule has 1 aliphatic heterocycles. The van der Waals surface area contributed by atoms with Gasteiger partial charge in [0.15, 0.2) is 4.80 Å². The Morgan fingerprint density at radius 3 is 2.63 bits per heavy atom. The fraction of sp³-hybridized carbons (Fsp3) is 0.320. The standard InChI is InChI=1S/C25H26N4O4S2/c1-4-13-29-22-12-9-20(26-18(3)30)15-23(22)34-25(29)27-24(31)19-7-10-21(11-8-19)35(32,33)28-14-5-6-17(2)16-28/h1,7-12,15,17H,5-6,13-14,16H2,2-3H3,(H,26,30). The number of sulfonamides is 1. The number of terminal acetylenes is 1. The lowest BCUT2D eigenvalue weighted by Gasteiger charge is -2.30. The molecule has 0 saturated carbocycles. The molecule has 8 nitrogen and oxygen atoms in total. The molecule has 1 atom stereocenters. The van der Waals surface area contributed by atoms with Crippen molar-refractivity contribution < 1.29 is 18.0 Å². The van der Waals surface area contributed by atoms with Gasteiger partial charge in [0.2, 0.25) is 15.9 Å². The van der Waals surface area contributed by atoms with E-state index in [-0.39, 0.29) is 22.9 Å². The number of fused-ring (bicyclic) bond motifs is 1. The molecule has 182 valence electrons. The van der Waals surface area contributed by atoms with Crippen LogP contribution in [0.1, 0.15) is 37.0 Å². The van der Waals surface area contributed by atoms with E-state index in [1.54, 1.807) is 16.7 Å². The summed E-state index contributed by atoms with van der Waals surface area (Å²) in [5.74, 6) is 2.22. The van der Waals surface area contributed by atoms with Crippen molar-refractivity contribution in [3.8, 4) is 12.3 Å². The van der Waals surface area contributed by atoms with Gasteiger partial charge in [-0.1, -0.05) is 24.2 Å². The molecular formula is C25H26N4O4S2. The van der Waals surface area contributed by atoms with Gasteiger partial charge in [-0.15, -0.1) is 6.42 Å². The van der Waals surface area contributed by atoms with Crippen molar-refractivity contribution >= 4 is 49.1 Å². The number of hydrogen-bond acceptors (Lipinski definition) is 5. The third kappa shape index (κ3) is 5.37. The van der Waals surface area contributed by atoms with Crippen LogP contribution in [0.5, 0.6) is 0 Å². The van der Waals surface area contributed by atoms with Gasteiger partial charge in [-0.3, -0.25) is 9.59 Å². The van der Waals surface area contributed by atoms with Crippen LogP contribution in [-0.2, 0) is 21.4 Å². The molecule has 2 amide bonds. The highest BCUT2D eigenvalue weighted by atomic mass is 32.2. The van der Waals surface area contributed by atoms with Gasteiger partial charge in [0.1, 0.15) is 0 Å². The van der Waals surface area contributed by atoms with E-state index in [1.807, 2.05) is 13.0 Å². The van der Waals surface area contributed by atoms with Crippen molar-refractivity contribution in [3.05, 3.63) is 52.8 Å². The molecule has 3 aromatic rings. The summed E-state index contributed by atoms with van der Waals surface area (Å²) in [5, 5.41) is 2.74. The second kappa shape index (κ2) is 10.2. The van der Waals surface area contributed by atoms with E-state index in [0.29, 0.717) is 29.5 Å². The Labute approximate surface area is 208 Å². The Morgan fingerprint density at radius 2 is 1.97 bits per heavy atom. The first kappa shape index (κ1) is 24.9. The van der Waals surface area contributed by atoms with Crippen LogP contribution < -0.4 is 10.1 Å². The van der Waals surface area contributed by atoms with Gasteiger partial charge < -0.3 is 9.88 Å². The van der Waals surface area contributed by atoms with Crippen molar-refractivity contribution in [1.82, 2.24) is 8.87 Å². The van der Waals surface area contributed by atoms with Crippen LogP contribution >= 0.6 is 11.3 Å². The Kier molecular flexibility index (Phi) is 7.21. The van der Waals surface area contributed by atoms with E-state index in [0.717, 1.165) is 23.1 Å². The van der Waals surface area contributed by atoms with Crippen molar-refractivity contribution in [1.29, 1.82) is 0 Å². The maximum absolute atomic E-state index is 13.0. The quantitative estimate of drug-likeness (QED) is 0.531. The van der Waals surface area contributed by atoms with Gasteiger partial charge in [0.25, 0.3) is 5.91 Å². The third-order valence-corrected chi connectivity index (χ3v) is 8.73. The monoisotopic (exact) mass is 510 g/mol. The number of nitrogens with zero attached hydrogens (tertiary/aromatic N) is 3. The van der Waals surface area contributed by atoms with Gasteiger partial charge in [-0.05, 0) is 61.2 Å². The maximum atomic E-state index is 13.0. The predicted molar refractivity (Wildman–Crippen MR) is 136 cm³/mol. The van der Waals surface area contributed by atoms with Crippen molar-refractivity contribution in [2.24, 2.45) is 10.9 Å². The fourth-order valence-electron chi connectivity index (χ4n) is 4.12. The summed E-state index contributed by atoms with van der Waals surface area (Å²) in [6.45, 7) is 4.71. The number of thiazole rings is 1. The van der Waals surface area contributed by atoms with E-state index in [9.17, 15) is 18.0 Å². The summed E-state index contributed by atoms with van der Waals surface area (Å²) in [6, 6.07) is 11.3. The highest BCUT2D eigenvalue weighted by molar-refractivity contribution is 7.89. The first-order valence-corrected chi connectivity index (χ1v) is 13.5. The topological polar surface area (TPSA) is 101 Å². The normalized spacial score (nSPS) is 17.3. The van der Waals surface area contributed by atoms with Crippen molar-refractivity contribution in [3.63, 3.8) is 0 Å². The molecule has 0 bridgehead atoms. The Balaban J connectivity index is 1.64. The number of hydrogen-bond donors (Lipinski definition) is 1. The van der Waals surface area contributed by atoms with Crippen molar-refractivity contribution in [2.45, 2.75) is 38.1 Å². The minimum atomic E-state index is -3.60. The van der Waals surface area contributed by atoms with Gasteiger partial charge in [0.05, 0.1) is 21.7 Å². The molecule has 1 fully saturated rings. The number of nitrogens with one attached hydrogen (secondary N) is 1. The second-order valence-corrected chi connectivity index (χ2v) is 11.5. The number of carbonyl (C=O) groups is 2. The SMILES string of the molecule is C#CCn1c(=NC(=O)c2ccc(S(=O)(=O)N3CCCC(C)C3)cc2)sc2cc(NC(C)=O)ccc21. The average molecular weight is 511 g/mol. The highest BCUT2D eigenvalue weighted by Crippen LogP contribution is 2.24. The molecule has 2 aromatic carbocycles. The first-order valence-electron chi connectivity index (χ1n) is 11.2. The number of piperidine rings is 1. The van der Waals surface area contributed by atoms with E-state index in [4.69, 9.17) is 6.42 Å². The molecule has 1 aromatic heterocycles. The van der Waals surface area contributed by atoms with Gasteiger partial charge >= 0.3 is 0 Å². The zero-order chi connectivity index (χ0) is 25.2. The summed E-state index contributed by atoms with van der Waals surface area (Å²) in [4.78, 5) is 29.1. The summed E-state index contributed by atoms with van der Waals surface area (Å²) in [7, 11) is -3.60. The molecular weight excluding hydrogens is 484 g/mol. The number of rotatable bonds is 5. The van der Waals surface area contributed by atoms with E-state index >= 15 is 0 Å². The lowest BCUT2D eigenvalue weighted by atomic mass is 10.0. The lowest BCUT2D eigenvalue weighted by Crippen LogP contribution is -2.39. The van der Waals surface area contributed by atoms with Gasteiger partial charge in [0, 0.05) is 31.3 Å². The predicted octanol–water partition coefficient (Wildman–Crippen LogP) is 3.46. The van der Waals surface area contributed by atoms with Crippen LogP contribution in [0.3, 0.4) is 0 Å². The van der Waals surface area contributed by atoms with Crippen LogP contribution in [0.15, 0.2) is 52.4 Å².